The lowest BCUT2D eigenvalue weighted by molar-refractivity contribution is 0.0826. The summed E-state index contributed by atoms with van der Waals surface area (Å²) in [6, 6.07) is 6.72. The molecule has 198 valence electrons. The predicted molar refractivity (Wildman–Crippen MR) is 145 cm³/mol. The minimum Gasteiger partial charge on any atom is -0.378 e. The topological polar surface area (TPSA) is 105 Å². The second-order valence-corrected chi connectivity index (χ2v) is 12.0. The highest BCUT2D eigenvalue weighted by Gasteiger charge is 2.37. The lowest BCUT2D eigenvalue weighted by Crippen LogP contribution is -2.56. The van der Waals surface area contributed by atoms with Crippen molar-refractivity contribution in [3.8, 4) is 0 Å². The van der Waals surface area contributed by atoms with Crippen molar-refractivity contribution in [3.63, 3.8) is 0 Å². The van der Waals surface area contributed by atoms with Gasteiger partial charge in [0.2, 0.25) is 0 Å². The minimum absolute atomic E-state index is 0.124. The van der Waals surface area contributed by atoms with Crippen LogP contribution in [-0.4, -0.2) is 94.9 Å². The minimum atomic E-state index is -0.419. The fourth-order valence-electron chi connectivity index (χ4n) is 4.70. The molecule has 2 aliphatic heterocycles. The van der Waals surface area contributed by atoms with Crippen molar-refractivity contribution in [1.29, 1.82) is 0 Å². The van der Waals surface area contributed by atoms with Gasteiger partial charge in [-0.2, -0.15) is 10.1 Å². The number of anilines is 1. The summed E-state index contributed by atoms with van der Waals surface area (Å²) in [6.45, 7) is 11.0. The Labute approximate surface area is 224 Å². The first-order valence-electron chi connectivity index (χ1n) is 12.4. The van der Waals surface area contributed by atoms with Gasteiger partial charge < -0.3 is 15.0 Å². The van der Waals surface area contributed by atoms with Gasteiger partial charge in [0.25, 0.3) is 11.8 Å². The monoisotopic (exact) mass is 545 g/mol. The molecule has 0 bridgehead atoms. The highest BCUT2D eigenvalue weighted by atomic mass is 35.5. The maximum Gasteiger partial charge on any atom is 0.273 e. The molecule has 0 aliphatic carbocycles. The fourth-order valence-corrected chi connectivity index (χ4v) is 5.82. The van der Waals surface area contributed by atoms with Crippen LogP contribution in [0.25, 0.3) is 10.3 Å². The van der Waals surface area contributed by atoms with Crippen molar-refractivity contribution >= 4 is 50.2 Å². The van der Waals surface area contributed by atoms with Crippen LogP contribution in [0.1, 0.15) is 41.6 Å². The molecule has 2 fully saturated rings. The number of aromatic nitrogens is 3. The van der Waals surface area contributed by atoms with Gasteiger partial charge in [0.05, 0.1) is 30.8 Å². The molecule has 2 atom stereocenters. The second-order valence-electron chi connectivity index (χ2n) is 10.6. The molecular formula is C25H32ClN7O3S. The van der Waals surface area contributed by atoms with Crippen molar-refractivity contribution in [2.75, 3.05) is 51.8 Å². The van der Waals surface area contributed by atoms with E-state index < -0.39 is 5.54 Å². The number of nitrogens with zero attached hydrogens (tertiary/aromatic N) is 5. The fraction of sp³-hybridized carbons (Fsp3) is 0.520. The largest absolute Gasteiger partial charge is 0.378 e. The lowest BCUT2D eigenvalue weighted by Gasteiger charge is -2.38. The van der Waals surface area contributed by atoms with Crippen LogP contribution in [-0.2, 0) is 10.3 Å². The number of amides is 2. The van der Waals surface area contributed by atoms with E-state index in [0.717, 1.165) is 26.2 Å². The van der Waals surface area contributed by atoms with Crippen molar-refractivity contribution < 1.29 is 14.3 Å². The van der Waals surface area contributed by atoms with Crippen LogP contribution >= 0.6 is 22.9 Å². The van der Waals surface area contributed by atoms with E-state index in [-0.39, 0.29) is 23.9 Å². The van der Waals surface area contributed by atoms with Crippen molar-refractivity contribution in [1.82, 2.24) is 29.9 Å². The van der Waals surface area contributed by atoms with Crippen molar-refractivity contribution in [2.45, 2.75) is 38.4 Å². The molecule has 2 N–H and O–H groups in total. The van der Waals surface area contributed by atoms with E-state index in [1.807, 2.05) is 20.8 Å². The Morgan fingerprint density at radius 1 is 1.14 bits per heavy atom. The smallest absolute Gasteiger partial charge is 0.273 e. The Kier molecular flexibility index (Phi) is 7.25. The first kappa shape index (κ1) is 26.1. The van der Waals surface area contributed by atoms with Gasteiger partial charge in [0, 0.05) is 36.8 Å². The number of halogens is 1. The first-order valence-corrected chi connectivity index (χ1v) is 13.6. The number of fused-ring (bicyclic) bond motifs is 1. The molecule has 0 unspecified atom stereocenters. The number of nitrogens with one attached hydrogen (secondary N) is 2. The van der Waals surface area contributed by atoms with Gasteiger partial charge >= 0.3 is 0 Å². The highest BCUT2D eigenvalue weighted by Crippen LogP contribution is 2.33. The molecule has 5 rings (SSSR count). The zero-order valence-corrected chi connectivity index (χ0v) is 23.0. The highest BCUT2D eigenvalue weighted by molar-refractivity contribution is 7.22. The number of carbonyl (C=O) groups excluding carboxylic acids is 2. The molecule has 2 amide bonds. The van der Waals surface area contributed by atoms with Crippen LogP contribution in [0.15, 0.2) is 24.3 Å². The second kappa shape index (κ2) is 10.3. The molecule has 2 aliphatic rings. The zero-order chi connectivity index (χ0) is 26.3. The van der Waals surface area contributed by atoms with Crippen LogP contribution in [0.2, 0.25) is 5.02 Å². The quantitative estimate of drug-likeness (QED) is 0.508. The number of benzene rings is 1. The van der Waals surface area contributed by atoms with Crippen LogP contribution in [0, 0.1) is 0 Å². The third-order valence-corrected chi connectivity index (χ3v) is 7.96. The Morgan fingerprint density at radius 3 is 2.59 bits per heavy atom. The maximum atomic E-state index is 13.5. The van der Waals surface area contributed by atoms with Crippen molar-refractivity contribution in [3.05, 3.63) is 40.5 Å². The number of hydrogen-bond donors (Lipinski definition) is 2. The number of likely N-dealkylation sites (N-methyl/N-ethyl adjacent to an activating group) is 1. The summed E-state index contributed by atoms with van der Waals surface area (Å²) in [7, 11) is 2.12. The summed E-state index contributed by atoms with van der Waals surface area (Å²) in [5.74, 6) is -0.586. The summed E-state index contributed by atoms with van der Waals surface area (Å²) in [5, 5.41) is 11.5. The van der Waals surface area contributed by atoms with E-state index in [1.54, 1.807) is 28.9 Å². The van der Waals surface area contributed by atoms with E-state index in [2.05, 4.69) is 37.6 Å². The standard InChI is InChI=1S/C25H32ClN7O3S/c1-25(2,3)33-21-20(37-24(28-21)29-22(34)15-6-5-7-16(26)12-15)19(30-33)23(35)27-17-13-36-14-18(17)32-10-8-31(4)9-11-32/h5-7,12,17-18H,8-11,13-14H2,1-4H3,(H,27,35)(H,28,29,34)/t17-,18-/m1/s1. The molecule has 12 heteroatoms. The Hall–Kier alpha value is -2.57. The molecule has 0 radical (unpaired) electrons. The molecule has 2 saturated heterocycles. The van der Waals surface area contributed by atoms with Gasteiger partial charge in [0.15, 0.2) is 16.5 Å². The Bertz CT molecular complexity index is 1310. The number of hydrogen-bond acceptors (Lipinski definition) is 8. The summed E-state index contributed by atoms with van der Waals surface area (Å²) in [6.07, 6.45) is 0. The molecule has 0 saturated carbocycles. The average molecular weight is 546 g/mol. The van der Waals surface area contributed by atoms with Gasteiger partial charge in [-0.1, -0.05) is 29.0 Å². The number of thiazole rings is 1. The van der Waals surface area contributed by atoms with Gasteiger partial charge in [0.1, 0.15) is 4.70 Å². The van der Waals surface area contributed by atoms with E-state index in [1.165, 1.54) is 11.3 Å². The lowest BCUT2D eigenvalue weighted by atomic mass is 10.1. The summed E-state index contributed by atoms with van der Waals surface area (Å²) in [5.41, 5.74) is 0.869. The third-order valence-electron chi connectivity index (χ3n) is 6.76. The number of carbonyl (C=O) groups is 2. The van der Waals surface area contributed by atoms with Gasteiger partial charge in [-0.25, -0.2) is 4.68 Å². The third kappa shape index (κ3) is 5.51. The van der Waals surface area contributed by atoms with Crippen LogP contribution in [0.3, 0.4) is 0 Å². The molecular weight excluding hydrogens is 514 g/mol. The van der Waals surface area contributed by atoms with E-state index in [9.17, 15) is 9.59 Å². The SMILES string of the molecule is CN1CCN([C@@H]2COC[C@H]2NC(=O)c2nn(C(C)(C)C)c3nc(NC(=O)c4cccc(Cl)c4)sc23)CC1. The molecule has 2 aromatic heterocycles. The van der Waals surface area contributed by atoms with Gasteiger partial charge in [-0.3, -0.25) is 19.8 Å². The van der Waals surface area contributed by atoms with Crippen molar-refractivity contribution in [2.24, 2.45) is 0 Å². The summed E-state index contributed by atoms with van der Waals surface area (Å²) < 4.78 is 8.14. The van der Waals surface area contributed by atoms with Gasteiger partial charge in [-0.15, -0.1) is 0 Å². The summed E-state index contributed by atoms with van der Waals surface area (Å²) in [4.78, 5) is 35.7. The van der Waals surface area contributed by atoms with E-state index in [4.69, 9.17) is 16.3 Å². The molecule has 37 heavy (non-hydrogen) atoms. The first-order chi connectivity index (χ1) is 17.6. The summed E-state index contributed by atoms with van der Waals surface area (Å²) >= 11 is 7.27. The average Bonchev–Trinajstić information content (AvgIpc) is 3.54. The van der Waals surface area contributed by atoms with Crippen LogP contribution in [0.5, 0.6) is 0 Å². The Balaban J connectivity index is 1.39. The number of ether oxygens (including phenoxy) is 1. The molecule has 4 heterocycles. The molecule has 1 aromatic carbocycles. The number of rotatable bonds is 5. The maximum absolute atomic E-state index is 13.5. The molecule has 3 aromatic rings. The van der Waals surface area contributed by atoms with Crippen LogP contribution < -0.4 is 10.6 Å². The zero-order valence-electron chi connectivity index (χ0n) is 21.5. The predicted octanol–water partition coefficient (Wildman–Crippen LogP) is 2.90. The van der Waals surface area contributed by atoms with E-state index in [0.29, 0.717) is 45.0 Å². The Morgan fingerprint density at radius 2 is 1.89 bits per heavy atom. The normalized spacial score (nSPS) is 21.4. The van der Waals surface area contributed by atoms with Crippen LogP contribution in [0.4, 0.5) is 5.13 Å². The van der Waals surface area contributed by atoms with Gasteiger partial charge in [-0.05, 0) is 46.0 Å². The van der Waals surface area contributed by atoms with E-state index >= 15 is 0 Å². The molecule has 0 spiro atoms. The number of piperazine rings is 1. The molecule has 10 nitrogen and oxygen atoms in total.